The first-order valence-electron chi connectivity index (χ1n) is 6.36. The lowest BCUT2D eigenvalue weighted by Crippen LogP contribution is -2.04. The molecule has 3 aromatic rings. The largest absolute Gasteiger partial charge is 0.296 e. The average Bonchev–Trinajstić information content (AvgIpc) is 2.84. The number of benzene rings is 1. The number of H-pyrrole nitrogens is 1. The Morgan fingerprint density at radius 2 is 2.00 bits per heavy atom. The van der Waals surface area contributed by atoms with E-state index >= 15 is 0 Å². The summed E-state index contributed by atoms with van der Waals surface area (Å²) >= 11 is 5.34. The highest BCUT2D eigenvalue weighted by Crippen LogP contribution is 2.18. The number of pyridine rings is 1. The number of hydrogen-bond acceptors (Lipinski definition) is 3. The van der Waals surface area contributed by atoms with Crippen LogP contribution in [-0.4, -0.2) is 19.7 Å². The van der Waals surface area contributed by atoms with Gasteiger partial charge in [0.15, 0.2) is 10.6 Å². The van der Waals surface area contributed by atoms with Crippen LogP contribution in [-0.2, 0) is 6.54 Å². The Hall–Kier alpha value is -2.27. The molecule has 0 spiro atoms. The van der Waals surface area contributed by atoms with E-state index in [0.717, 1.165) is 17.0 Å². The lowest BCUT2D eigenvalue weighted by Gasteiger charge is -2.08. The summed E-state index contributed by atoms with van der Waals surface area (Å²) in [6.07, 6.45) is 3.67. The molecular weight excluding hydrogens is 268 g/mol. The summed E-state index contributed by atoms with van der Waals surface area (Å²) in [5.74, 6) is 0.846. The molecule has 5 heteroatoms. The van der Waals surface area contributed by atoms with Crippen molar-refractivity contribution in [1.29, 1.82) is 0 Å². The molecule has 2 aromatic heterocycles. The summed E-state index contributed by atoms with van der Waals surface area (Å²) < 4.78 is 2.61. The summed E-state index contributed by atoms with van der Waals surface area (Å²) in [5, 5.41) is 7.21. The van der Waals surface area contributed by atoms with Crippen LogP contribution in [0.5, 0.6) is 0 Å². The number of aromatic nitrogens is 4. The van der Waals surface area contributed by atoms with Crippen molar-refractivity contribution in [3.8, 4) is 11.4 Å². The summed E-state index contributed by atoms with van der Waals surface area (Å²) in [7, 11) is 0. The zero-order valence-corrected chi connectivity index (χ0v) is 11.9. The van der Waals surface area contributed by atoms with Crippen LogP contribution in [0.1, 0.15) is 11.1 Å². The molecule has 0 amide bonds. The summed E-state index contributed by atoms with van der Waals surface area (Å²) in [6, 6.07) is 12.0. The van der Waals surface area contributed by atoms with Crippen molar-refractivity contribution >= 4 is 12.2 Å². The fourth-order valence-electron chi connectivity index (χ4n) is 2.10. The van der Waals surface area contributed by atoms with Gasteiger partial charge < -0.3 is 0 Å². The van der Waals surface area contributed by atoms with Crippen LogP contribution in [0, 0.1) is 11.7 Å². The van der Waals surface area contributed by atoms with Crippen LogP contribution >= 0.6 is 12.2 Å². The first-order valence-corrected chi connectivity index (χ1v) is 6.76. The van der Waals surface area contributed by atoms with Crippen LogP contribution in [0.25, 0.3) is 11.4 Å². The molecular formula is C15H14N4S. The Bertz CT molecular complexity index is 774. The molecule has 20 heavy (non-hydrogen) atoms. The third kappa shape index (κ3) is 2.40. The van der Waals surface area contributed by atoms with E-state index < -0.39 is 0 Å². The van der Waals surface area contributed by atoms with Gasteiger partial charge in [-0.15, -0.1) is 0 Å². The van der Waals surface area contributed by atoms with Gasteiger partial charge in [-0.05, 0) is 36.3 Å². The summed E-state index contributed by atoms with van der Waals surface area (Å²) in [5.41, 5.74) is 3.38. The molecule has 0 saturated carbocycles. The SMILES string of the molecule is Cc1ccncc1Cn1c(-c2ccccc2)n[nH]c1=S. The summed E-state index contributed by atoms with van der Waals surface area (Å²) in [4.78, 5) is 4.18. The van der Waals surface area contributed by atoms with E-state index in [0.29, 0.717) is 11.3 Å². The maximum absolute atomic E-state index is 5.34. The third-order valence-corrected chi connectivity index (χ3v) is 3.58. The normalized spacial score (nSPS) is 10.7. The Morgan fingerprint density at radius 3 is 2.75 bits per heavy atom. The van der Waals surface area contributed by atoms with E-state index in [9.17, 15) is 0 Å². The van der Waals surface area contributed by atoms with E-state index in [1.165, 1.54) is 5.56 Å². The van der Waals surface area contributed by atoms with Crippen LogP contribution in [0.2, 0.25) is 0 Å². The monoisotopic (exact) mass is 282 g/mol. The number of nitrogens with one attached hydrogen (secondary N) is 1. The predicted molar refractivity (Wildman–Crippen MR) is 80.9 cm³/mol. The predicted octanol–water partition coefficient (Wildman–Crippen LogP) is 3.36. The lowest BCUT2D eigenvalue weighted by atomic mass is 10.1. The topological polar surface area (TPSA) is 46.5 Å². The second kappa shape index (κ2) is 5.38. The fraction of sp³-hybridized carbons (Fsp3) is 0.133. The van der Waals surface area contributed by atoms with E-state index in [1.807, 2.05) is 47.2 Å². The molecule has 0 aliphatic carbocycles. The van der Waals surface area contributed by atoms with Crippen molar-refractivity contribution in [3.05, 3.63) is 64.7 Å². The smallest absolute Gasteiger partial charge is 0.195 e. The number of nitrogens with zero attached hydrogens (tertiary/aromatic N) is 3. The molecule has 1 N–H and O–H groups in total. The van der Waals surface area contributed by atoms with Crippen molar-refractivity contribution in [1.82, 2.24) is 19.7 Å². The van der Waals surface area contributed by atoms with Gasteiger partial charge in [0.1, 0.15) is 0 Å². The van der Waals surface area contributed by atoms with Crippen LogP contribution < -0.4 is 0 Å². The lowest BCUT2D eigenvalue weighted by molar-refractivity contribution is 0.781. The minimum Gasteiger partial charge on any atom is -0.296 e. The number of rotatable bonds is 3. The van der Waals surface area contributed by atoms with Gasteiger partial charge in [0.2, 0.25) is 0 Å². The maximum atomic E-state index is 5.34. The molecule has 0 saturated heterocycles. The Balaban J connectivity index is 2.05. The van der Waals surface area contributed by atoms with E-state index in [1.54, 1.807) is 6.20 Å². The second-order valence-electron chi connectivity index (χ2n) is 4.61. The van der Waals surface area contributed by atoms with Gasteiger partial charge in [0, 0.05) is 18.0 Å². The highest BCUT2D eigenvalue weighted by molar-refractivity contribution is 7.71. The van der Waals surface area contributed by atoms with E-state index in [4.69, 9.17) is 12.2 Å². The van der Waals surface area contributed by atoms with Gasteiger partial charge in [-0.2, -0.15) is 5.10 Å². The molecule has 2 heterocycles. The molecule has 100 valence electrons. The molecule has 0 aliphatic rings. The third-order valence-electron chi connectivity index (χ3n) is 3.27. The molecule has 1 aromatic carbocycles. The highest BCUT2D eigenvalue weighted by Gasteiger charge is 2.09. The van der Waals surface area contributed by atoms with Crippen molar-refractivity contribution in [2.75, 3.05) is 0 Å². The molecule has 0 bridgehead atoms. The second-order valence-corrected chi connectivity index (χ2v) is 4.99. The quantitative estimate of drug-likeness (QED) is 0.749. The first kappa shape index (κ1) is 12.7. The Kier molecular flexibility index (Phi) is 3.43. The maximum Gasteiger partial charge on any atom is 0.195 e. The van der Waals surface area contributed by atoms with E-state index in [2.05, 4.69) is 22.1 Å². The number of hydrogen-bond donors (Lipinski definition) is 1. The Labute approximate surface area is 122 Å². The van der Waals surface area contributed by atoms with Crippen molar-refractivity contribution in [2.24, 2.45) is 0 Å². The van der Waals surface area contributed by atoms with Gasteiger partial charge in [-0.3, -0.25) is 14.6 Å². The standard InChI is InChI=1S/C15H14N4S/c1-11-7-8-16-9-13(11)10-19-14(17-18-15(19)20)12-5-3-2-4-6-12/h2-9H,10H2,1H3,(H,18,20). The van der Waals surface area contributed by atoms with Gasteiger partial charge in [-0.25, -0.2) is 0 Å². The fourth-order valence-corrected chi connectivity index (χ4v) is 2.30. The van der Waals surface area contributed by atoms with Gasteiger partial charge >= 0.3 is 0 Å². The number of aromatic amines is 1. The molecule has 4 nitrogen and oxygen atoms in total. The molecule has 0 radical (unpaired) electrons. The van der Waals surface area contributed by atoms with Gasteiger partial charge in [0.05, 0.1) is 6.54 Å². The molecule has 0 aliphatic heterocycles. The van der Waals surface area contributed by atoms with Crippen LogP contribution in [0.3, 0.4) is 0 Å². The minimum absolute atomic E-state index is 0.618. The first-order chi connectivity index (χ1) is 9.75. The average molecular weight is 282 g/mol. The molecule has 3 rings (SSSR count). The van der Waals surface area contributed by atoms with Crippen LogP contribution in [0.4, 0.5) is 0 Å². The van der Waals surface area contributed by atoms with Crippen molar-refractivity contribution in [3.63, 3.8) is 0 Å². The van der Waals surface area contributed by atoms with Gasteiger partial charge in [-0.1, -0.05) is 30.3 Å². The molecule has 0 atom stereocenters. The number of aryl methyl sites for hydroxylation is 1. The van der Waals surface area contributed by atoms with Crippen molar-refractivity contribution < 1.29 is 0 Å². The highest BCUT2D eigenvalue weighted by atomic mass is 32.1. The zero-order valence-electron chi connectivity index (χ0n) is 11.1. The summed E-state index contributed by atoms with van der Waals surface area (Å²) in [6.45, 7) is 2.74. The van der Waals surface area contributed by atoms with Gasteiger partial charge in [0.25, 0.3) is 0 Å². The molecule has 0 unspecified atom stereocenters. The van der Waals surface area contributed by atoms with Crippen molar-refractivity contribution in [2.45, 2.75) is 13.5 Å². The van der Waals surface area contributed by atoms with Crippen LogP contribution in [0.15, 0.2) is 48.8 Å². The van der Waals surface area contributed by atoms with E-state index in [-0.39, 0.29) is 0 Å². The Morgan fingerprint density at radius 1 is 1.20 bits per heavy atom. The molecule has 0 fully saturated rings. The zero-order chi connectivity index (χ0) is 13.9. The minimum atomic E-state index is 0.618.